The van der Waals surface area contributed by atoms with E-state index >= 15 is 0 Å². The fraction of sp³-hybridized carbons (Fsp3) is 0.143. The highest BCUT2D eigenvalue weighted by atomic mass is 79.9. The SMILES string of the molecule is NC(Cc1ccc(O)cc1)c1nc(-c2ccc(Br)s2)no1. The number of nitrogens with two attached hydrogens (primary N) is 1. The van der Waals surface area contributed by atoms with E-state index in [0.29, 0.717) is 18.1 Å². The van der Waals surface area contributed by atoms with Crippen molar-refractivity contribution < 1.29 is 9.63 Å². The largest absolute Gasteiger partial charge is 0.508 e. The first-order valence-electron chi connectivity index (χ1n) is 6.24. The standard InChI is InChI=1S/C14H12BrN3O2S/c15-12-6-5-11(21-12)13-17-14(20-18-13)10(16)7-8-1-3-9(19)4-2-8/h1-6,10,19H,7,16H2. The van der Waals surface area contributed by atoms with E-state index in [1.54, 1.807) is 12.1 Å². The van der Waals surface area contributed by atoms with Crippen molar-refractivity contribution in [2.75, 3.05) is 0 Å². The molecule has 0 fully saturated rings. The first-order valence-corrected chi connectivity index (χ1v) is 7.85. The molecule has 3 N–H and O–H groups in total. The van der Waals surface area contributed by atoms with Crippen LogP contribution in [0.4, 0.5) is 0 Å². The van der Waals surface area contributed by atoms with Gasteiger partial charge in [-0.1, -0.05) is 17.3 Å². The quantitative estimate of drug-likeness (QED) is 0.738. The van der Waals surface area contributed by atoms with Gasteiger partial charge in [-0.25, -0.2) is 0 Å². The molecule has 0 aliphatic heterocycles. The lowest BCUT2D eigenvalue weighted by molar-refractivity contribution is 0.354. The van der Waals surface area contributed by atoms with Gasteiger partial charge in [0.05, 0.1) is 14.7 Å². The normalized spacial score (nSPS) is 12.5. The zero-order chi connectivity index (χ0) is 14.8. The van der Waals surface area contributed by atoms with E-state index in [0.717, 1.165) is 14.2 Å². The average molecular weight is 366 g/mol. The van der Waals surface area contributed by atoms with E-state index in [1.165, 1.54) is 11.3 Å². The van der Waals surface area contributed by atoms with Crippen molar-refractivity contribution in [3.8, 4) is 16.5 Å². The van der Waals surface area contributed by atoms with Crippen molar-refractivity contribution in [1.82, 2.24) is 10.1 Å². The van der Waals surface area contributed by atoms with E-state index < -0.39 is 0 Å². The van der Waals surface area contributed by atoms with Crippen molar-refractivity contribution in [3.05, 3.63) is 51.6 Å². The lowest BCUT2D eigenvalue weighted by Crippen LogP contribution is -2.13. The van der Waals surface area contributed by atoms with Crippen molar-refractivity contribution in [2.45, 2.75) is 12.5 Å². The molecule has 1 atom stereocenters. The summed E-state index contributed by atoms with van der Waals surface area (Å²) < 4.78 is 6.25. The van der Waals surface area contributed by atoms with Crippen molar-refractivity contribution >= 4 is 27.3 Å². The van der Waals surface area contributed by atoms with Gasteiger partial charge >= 0.3 is 0 Å². The van der Waals surface area contributed by atoms with Gasteiger partial charge in [-0.05, 0) is 52.2 Å². The summed E-state index contributed by atoms with van der Waals surface area (Å²) in [7, 11) is 0. The second-order valence-corrected chi connectivity index (χ2v) is 7.00. The Balaban J connectivity index is 1.74. The molecule has 0 aliphatic rings. The van der Waals surface area contributed by atoms with Gasteiger partial charge in [0.15, 0.2) is 0 Å². The summed E-state index contributed by atoms with van der Waals surface area (Å²) in [6.07, 6.45) is 0.566. The maximum Gasteiger partial charge on any atom is 0.244 e. The van der Waals surface area contributed by atoms with E-state index in [2.05, 4.69) is 26.1 Å². The van der Waals surface area contributed by atoms with E-state index in [4.69, 9.17) is 10.3 Å². The van der Waals surface area contributed by atoms with Crippen LogP contribution in [0.1, 0.15) is 17.5 Å². The average Bonchev–Trinajstić information content (AvgIpc) is 3.10. The lowest BCUT2D eigenvalue weighted by atomic mass is 10.1. The molecule has 7 heteroatoms. The minimum absolute atomic E-state index is 0.232. The zero-order valence-corrected chi connectivity index (χ0v) is 13.3. The Labute approximate surface area is 133 Å². The van der Waals surface area contributed by atoms with Gasteiger partial charge in [-0.15, -0.1) is 11.3 Å². The monoisotopic (exact) mass is 365 g/mol. The number of benzene rings is 1. The number of phenolic OH excluding ortho intramolecular Hbond substituents is 1. The highest BCUT2D eigenvalue weighted by Gasteiger charge is 2.17. The van der Waals surface area contributed by atoms with Crippen molar-refractivity contribution in [3.63, 3.8) is 0 Å². The van der Waals surface area contributed by atoms with Gasteiger partial charge in [-0.3, -0.25) is 0 Å². The molecule has 21 heavy (non-hydrogen) atoms. The molecule has 0 bridgehead atoms. The fourth-order valence-corrected chi connectivity index (χ4v) is 3.21. The van der Waals surface area contributed by atoms with Gasteiger partial charge in [0, 0.05) is 0 Å². The van der Waals surface area contributed by atoms with Crippen LogP contribution in [0.3, 0.4) is 0 Å². The molecule has 1 unspecified atom stereocenters. The summed E-state index contributed by atoms with van der Waals surface area (Å²) in [5, 5.41) is 13.2. The molecule has 2 aromatic heterocycles. The molecule has 0 aliphatic carbocycles. The number of halogens is 1. The van der Waals surface area contributed by atoms with Crippen LogP contribution in [0.2, 0.25) is 0 Å². The lowest BCUT2D eigenvalue weighted by Gasteiger charge is -2.06. The van der Waals surface area contributed by atoms with Crippen LogP contribution in [-0.2, 0) is 6.42 Å². The number of aromatic nitrogens is 2. The molecule has 108 valence electrons. The molecule has 0 saturated carbocycles. The molecule has 2 heterocycles. The van der Waals surface area contributed by atoms with E-state index in [9.17, 15) is 5.11 Å². The Morgan fingerprint density at radius 3 is 2.67 bits per heavy atom. The number of hydrogen-bond donors (Lipinski definition) is 2. The molecule has 0 saturated heterocycles. The first-order chi connectivity index (χ1) is 10.1. The smallest absolute Gasteiger partial charge is 0.244 e. The van der Waals surface area contributed by atoms with Gasteiger partial charge in [0.2, 0.25) is 11.7 Å². The second kappa shape index (κ2) is 5.97. The molecule has 0 radical (unpaired) electrons. The number of aromatic hydroxyl groups is 1. The van der Waals surface area contributed by atoms with E-state index in [1.807, 2.05) is 24.3 Å². The first kappa shape index (κ1) is 14.2. The topological polar surface area (TPSA) is 85.2 Å². The number of hydrogen-bond acceptors (Lipinski definition) is 6. The van der Waals surface area contributed by atoms with Crippen LogP contribution >= 0.6 is 27.3 Å². The highest BCUT2D eigenvalue weighted by molar-refractivity contribution is 9.11. The summed E-state index contributed by atoms with van der Waals surface area (Å²) in [5.74, 6) is 1.18. The van der Waals surface area contributed by atoms with Gasteiger partial charge in [0.1, 0.15) is 5.75 Å². The van der Waals surface area contributed by atoms with Gasteiger partial charge in [0.25, 0.3) is 0 Å². The van der Waals surface area contributed by atoms with Crippen LogP contribution in [0.15, 0.2) is 44.7 Å². The third-order valence-electron chi connectivity index (χ3n) is 2.94. The molecule has 1 aromatic carbocycles. The van der Waals surface area contributed by atoms with Gasteiger partial charge in [-0.2, -0.15) is 4.98 Å². The molecular weight excluding hydrogens is 354 g/mol. The zero-order valence-electron chi connectivity index (χ0n) is 10.9. The highest BCUT2D eigenvalue weighted by Crippen LogP contribution is 2.30. The van der Waals surface area contributed by atoms with Crippen LogP contribution in [0, 0.1) is 0 Å². The Bertz CT molecular complexity index is 739. The number of nitrogens with zero attached hydrogens (tertiary/aromatic N) is 2. The summed E-state index contributed by atoms with van der Waals surface area (Å²) in [4.78, 5) is 5.27. The number of phenols is 1. The summed E-state index contributed by atoms with van der Waals surface area (Å²) >= 11 is 4.94. The van der Waals surface area contributed by atoms with Gasteiger partial charge < -0.3 is 15.4 Å². The molecular formula is C14H12BrN3O2S. The number of rotatable bonds is 4. The Hall–Kier alpha value is -1.70. The number of thiophene rings is 1. The third kappa shape index (κ3) is 3.31. The molecule has 0 amide bonds. The van der Waals surface area contributed by atoms with Crippen LogP contribution < -0.4 is 5.73 Å². The minimum atomic E-state index is -0.376. The predicted molar refractivity (Wildman–Crippen MR) is 84.1 cm³/mol. The Kier molecular flexibility index (Phi) is 4.05. The molecule has 0 spiro atoms. The van der Waals surface area contributed by atoms with E-state index in [-0.39, 0.29) is 11.8 Å². The van der Waals surface area contributed by atoms with Crippen LogP contribution in [-0.4, -0.2) is 15.2 Å². The predicted octanol–water partition coefficient (Wildman–Crippen LogP) is 3.51. The Morgan fingerprint density at radius 1 is 1.24 bits per heavy atom. The van der Waals surface area contributed by atoms with Crippen LogP contribution in [0.5, 0.6) is 5.75 Å². The van der Waals surface area contributed by atoms with Crippen LogP contribution in [0.25, 0.3) is 10.7 Å². The van der Waals surface area contributed by atoms with Crippen molar-refractivity contribution in [2.24, 2.45) is 5.73 Å². The summed E-state index contributed by atoms with van der Waals surface area (Å²) in [6.45, 7) is 0. The summed E-state index contributed by atoms with van der Waals surface area (Å²) in [5.41, 5.74) is 7.10. The minimum Gasteiger partial charge on any atom is -0.508 e. The summed E-state index contributed by atoms with van der Waals surface area (Å²) in [6, 6.07) is 10.4. The second-order valence-electron chi connectivity index (χ2n) is 4.54. The Morgan fingerprint density at radius 2 is 2.00 bits per heavy atom. The molecule has 3 aromatic rings. The molecule has 5 nitrogen and oxygen atoms in total. The maximum absolute atomic E-state index is 9.26. The molecule has 3 rings (SSSR count). The third-order valence-corrected chi connectivity index (χ3v) is 4.56. The fourth-order valence-electron chi connectivity index (χ4n) is 1.89. The maximum atomic E-state index is 9.26. The van der Waals surface area contributed by atoms with Crippen molar-refractivity contribution in [1.29, 1.82) is 0 Å².